The van der Waals surface area contributed by atoms with Gasteiger partial charge in [-0.3, -0.25) is 4.79 Å². The number of likely N-dealkylation sites (tertiary alicyclic amines) is 1. The second-order valence-corrected chi connectivity index (χ2v) is 7.35. The Labute approximate surface area is 160 Å². The first-order valence-electron chi connectivity index (χ1n) is 9.97. The highest BCUT2D eigenvalue weighted by Crippen LogP contribution is 2.47. The first-order valence-corrected chi connectivity index (χ1v) is 9.97. The van der Waals surface area contributed by atoms with Crippen LogP contribution in [-0.4, -0.2) is 53.2 Å². The number of nitrogens with zero attached hydrogens (tertiary/aromatic N) is 4. The second kappa shape index (κ2) is 7.35. The maximum atomic E-state index is 12.6. The molecule has 144 valence electrons. The van der Waals surface area contributed by atoms with Crippen LogP contribution in [0.5, 0.6) is 0 Å². The molecule has 6 heteroatoms. The third kappa shape index (κ3) is 2.92. The summed E-state index contributed by atoms with van der Waals surface area (Å²) in [5.74, 6) is 1.07. The van der Waals surface area contributed by atoms with Crippen LogP contribution in [0.2, 0.25) is 0 Å². The Hall–Kier alpha value is -2.34. The van der Waals surface area contributed by atoms with Crippen molar-refractivity contribution in [3.63, 3.8) is 0 Å². The molecule has 2 aromatic heterocycles. The number of fused-ring (bicyclic) bond motifs is 4. The van der Waals surface area contributed by atoms with Crippen molar-refractivity contribution in [3.05, 3.63) is 42.4 Å². The molecule has 0 radical (unpaired) electrons. The fourth-order valence-corrected chi connectivity index (χ4v) is 4.47. The molecule has 0 bridgehead atoms. The fourth-order valence-electron chi connectivity index (χ4n) is 4.47. The van der Waals surface area contributed by atoms with Gasteiger partial charge < -0.3 is 19.1 Å². The maximum Gasteiger partial charge on any atom is 0.248 e. The molecule has 0 aromatic carbocycles. The third-order valence-corrected chi connectivity index (χ3v) is 5.79. The molecule has 2 aromatic rings. The summed E-state index contributed by atoms with van der Waals surface area (Å²) in [5, 5.41) is 0. The van der Waals surface area contributed by atoms with E-state index in [1.807, 2.05) is 24.1 Å². The van der Waals surface area contributed by atoms with E-state index in [0.717, 1.165) is 43.9 Å². The highest BCUT2D eigenvalue weighted by molar-refractivity contribution is 5.78. The van der Waals surface area contributed by atoms with Gasteiger partial charge in [-0.1, -0.05) is 13.3 Å². The molecule has 0 aliphatic carbocycles. The molecule has 0 saturated carbocycles. The average molecular weight is 368 g/mol. The Morgan fingerprint density at radius 2 is 2.19 bits per heavy atom. The molecule has 1 fully saturated rings. The topological polar surface area (TPSA) is 50.6 Å². The number of anilines is 1. The number of unbranched alkanes of at least 4 members (excludes halogenated alkanes) is 1. The van der Waals surface area contributed by atoms with Gasteiger partial charge >= 0.3 is 0 Å². The molecule has 6 nitrogen and oxygen atoms in total. The zero-order chi connectivity index (χ0) is 18.9. The van der Waals surface area contributed by atoms with Gasteiger partial charge in [0.1, 0.15) is 12.1 Å². The van der Waals surface area contributed by atoms with Crippen molar-refractivity contribution >= 4 is 11.6 Å². The standard InChI is InChI=1S/C21H28N4O2/c1-3-5-13-25-17-8-6-11-22-20(17)24-12-7-9-18(24)21(25)10-14-23(16-21)19(26)15-27-4-2/h6-9,11-12H,3-5,10,13-16H2,1-2H3. The van der Waals surface area contributed by atoms with Crippen LogP contribution in [-0.2, 0) is 15.1 Å². The van der Waals surface area contributed by atoms with E-state index in [-0.39, 0.29) is 18.1 Å². The number of rotatable bonds is 6. The molecular weight excluding hydrogens is 340 g/mol. The van der Waals surface area contributed by atoms with Crippen LogP contribution in [0, 0.1) is 0 Å². The maximum absolute atomic E-state index is 12.6. The van der Waals surface area contributed by atoms with Gasteiger partial charge in [-0.15, -0.1) is 0 Å². The number of ether oxygens (including phenoxy) is 1. The molecule has 2 aliphatic rings. The summed E-state index contributed by atoms with van der Waals surface area (Å²) in [6, 6.07) is 8.44. The van der Waals surface area contributed by atoms with Crippen molar-refractivity contribution in [2.75, 3.05) is 37.7 Å². The van der Waals surface area contributed by atoms with Crippen LogP contribution in [0.3, 0.4) is 0 Å². The highest BCUT2D eigenvalue weighted by Gasteiger charge is 2.50. The van der Waals surface area contributed by atoms with Gasteiger partial charge in [0, 0.05) is 38.6 Å². The van der Waals surface area contributed by atoms with E-state index in [2.05, 4.69) is 45.8 Å². The molecule has 4 heterocycles. The van der Waals surface area contributed by atoms with Gasteiger partial charge in [0.15, 0.2) is 5.82 Å². The zero-order valence-electron chi connectivity index (χ0n) is 16.2. The number of carbonyl (C=O) groups is 1. The van der Waals surface area contributed by atoms with E-state index in [4.69, 9.17) is 4.74 Å². The van der Waals surface area contributed by atoms with Crippen molar-refractivity contribution < 1.29 is 9.53 Å². The summed E-state index contributed by atoms with van der Waals surface area (Å²) in [5.41, 5.74) is 2.20. The summed E-state index contributed by atoms with van der Waals surface area (Å²) < 4.78 is 7.57. The quantitative estimate of drug-likeness (QED) is 0.787. The SMILES string of the molecule is CCCCN1c2cccnc2-n2cccc2C12CCN(C(=O)COCC)C2. The Morgan fingerprint density at radius 3 is 3.00 bits per heavy atom. The van der Waals surface area contributed by atoms with Gasteiger partial charge in [-0.05, 0) is 44.0 Å². The van der Waals surface area contributed by atoms with Crippen LogP contribution in [0.1, 0.15) is 38.8 Å². The Morgan fingerprint density at radius 1 is 1.30 bits per heavy atom. The first kappa shape index (κ1) is 18.0. The van der Waals surface area contributed by atoms with E-state index < -0.39 is 0 Å². The molecule has 0 N–H and O–H groups in total. The molecular formula is C21H28N4O2. The molecule has 1 spiro atoms. The lowest BCUT2D eigenvalue weighted by Crippen LogP contribution is -2.53. The van der Waals surface area contributed by atoms with E-state index in [9.17, 15) is 4.79 Å². The van der Waals surface area contributed by atoms with Gasteiger partial charge in [0.2, 0.25) is 5.91 Å². The third-order valence-electron chi connectivity index (χ3n) is 5.79. The lowest BCUT2D eigenvalue weighted by molar-refractivity contribution is -0.135. The Balaban J connectivity index is 1.73. The number of pyridine rings is 1. The molecule has 1 unspecified atom stereocenters. The predicted molar refractivity (Wildman–Crippen MR) is 105 cm³/mol. The van der Waals surface area contributed by atoms with E-state index in [0.29, 0.717) is 13.2 Å². The highest BCUT2D eigenvalue weighted by atomic mass is 16.5. The van der Waals surface area contributed by atoms with E-state index in [1.165, 1.54) is 5.69 Å². The lowest BCUT2D eigenvalue weighted by atomic mass is 9.88. The minimum absolute atomic E-state index is 0.0826. The van der Waals surface area contributed by atoms with Gasteiger partial charge in [0.25, 0.3) is 0 Å². The van der Waals surface area contributed by atoms with Crippen LogP contribution in [0.25, 0.3) is 5.82 Å². The lowest BCUT2D eigenvalue weighted by Gasteiger charge is -2.47. The van der Waals surface area contributed by atoms with E-state index in [1.54, 1.807) is 0 Å². The zero-order valence-corrected chi connectivity index (χ0v) is 16.2. The second-order valence-electron chi connectivity index (χ2n) is 7.35. The number of hydrogen-bond donors (Lipinski definition) is 0. The Kier molecular flexibility index (Phi) is 4.91. The van der Waals surface area contributed by atoms with Crippen molar-refractivity contribution in [3.8, 4) is 5.82 Å². The van der Waals surface area contributed by atoms with Crippen LogP contribution in [0.4, 0.5) is 5.69 Å². The monoisotopic (exact) mass is 368 g/mol. The number of carbonyl (C=O) groups excluding carboxylic acids is 1. The van der Waals surface area contributed by atoms with Crippen molar-refractivity contribution in [1.82, 2.24) is 14.5 Å². The van der Waals surface area contributed by atoms with Gasteiger partial charge in [-0.25, -0.2) is 4.98 Å². The summed E-state index contributed by atoms with van der Waals surface area (Å²) in [6.45, 7) is 7.29. The molecule has 1 amide bonds. The van der Waals surface area contributed by atoms with E-state index >= 15 is 0 Å². The number of aromatic nitrogens is 2. The molecule has 27 heavy (non-hydrogen) atoms. The summed E-state index contributed by atoms with van der Waals surface area (Å²) in [6.07, 6.45) is 7.11. The van der Waals surface area contributed by atoms with Crippen molar-refractivity contribution in [2.24, 2.45) is 0 Å². The fraction of sp³-hybridized carbons (Fsp3) is 0.524. The number of amides is 1. The Bertz CT molecular complexity index is 818. The number of hydrogen-bond acceptors (Lipinski definition) is 4. The normalized spacial score (nSPS) is 20.8. The van der Waals surface area contributed by atoms with Crippen LogP contribution in [0.15, 0.2) is 36.7 Å². The van der Waals surface area contributed by atoms with Crippen LogP contribution >= 0.6 is 0 Å². The smallest absolute Gasteiger partial charge is 0.248 e. The summed E-state index contributed by atoms with van der Waals surface area (Å²) in [7, 11) is 0. The first-order chi connectivity index (χ1) is 13.2. The largest absolute Gasteiger partial charge is 0.372 e. The molecule has 4 rings (SSSR count). The minimum Gasteiger partial charge on any atom is -0.372 e. The van der Waals surface area contributed by atoms with Crippen LogP contribution < -0.4 is 4.90 Å². The van der Waals surface area contributed by atoms with Gasteiger partial charge in [0.05, 0.1) is 11.4 Å². The minimum atomic E-state index is -0.198. The average Bonchev–Trinajstić information content (AvgIpc) is 3.35. The molecule has 1 saturated heterocycles. The van der Waals surface area contributed by atoms with Crippen molar-refractivity contribution in [1.29, 1.82) is 0 Å². The van der Waals surface area contributed by atoms with Crippen molar-refractivity contribution in [2.45, 2.75) is 38.6 Å². The molecule has 1 atom stereocenters. The van der Waals surface area contributed by atoms with Gasteiger partial charge in [-0.2, -0.15) is 0 Å². The molecule has 2 aliphatic heterocycles. The summed E-state index contributed by atoms with van der Waals surface area (Å²) >= 11 is 0. The predicted octanol–water partition coefficient (Wildman–Crippen LogP) is 2.96. The summed E-state index contributed by atoms with van der Waals surface area (Å²) in [4.78, 5) is 21.7.